The molecule has 1 fully saturated rings. The molecular formula is C17H21N2O10S2-. The van der Waals surface area contributed by atoms with Crippen LogP contribution in [0.3, 0.4) is 0 Å². The molecule has 5 atom stereocenters. The first kappa shape index (κ1) is 23.7. The molecule has 3 rings (SSSR count). The SMILES string of the molecule is COn1cc(C/C(=N\OS(=O)(=O)[O-])S[C@@H]2O[C@H](CO)[C@@H](O)[C@H](O)[C@H]2O)c2ccccc21. The topological polar surface area (TPSA) is 183 Å². The van der Waals surface area contributed by atoms with E-state index in [0.29, 0.717) is 17.3 Å². The molecule has 1 aromatic carbocycles. The molecule has 31 heavy (non-hydrogen) atoms. The van der Waals surface area contributed by atoms with E-state index >= 15 is 0 Å². The van der Waals surface area contributed by atoms with Crippen LogP contribution in [-0.2, 0) is 25.8 Å². The van der Waals surface area contributed by atoms with Gasteiger partial charge < -0.3 is 34.6 Å². The number of hydrogen-bond donors (Lipinski definition) is 4. The summed E-state index contributed by atoms with van der Waals surface area (Å²) < 4.78 is 43.6. The number of benzene rings is 1. The molecule has 0 bridgehead atoms. The van der Waals surface area contributed by atoms with Crippen molar-refractivity contribution in [3.63, 3.8) is 0 Å². The Morgan fingerprint density at radius 3 is 2.61 bits per heavy atom. The van der Waals surface area contributed by atoms with Crippen LogP contribution in [0.25, 0.3) is 10.9 Å². The van der Waals surface area contributed by atoms with E-state index in [1.807, 2.05) is 0 Å². The summed E-state index contributed by atoms with van der Waals surface area (Å²) in [5.74, 6) is 0. The van der Waals surface area contributed by atoms with E-state index in [-0.39, 0.29) is 11.5 Å². The normalized spacial score (nSPS) is 27.4. The predicted molar refractivity (Wildman–Crippen MR) is 108 cm³/mol. The molecule has 0 aliphatic carbocycles. The van der Waals surface area contributed by atoms with Crippen molar-refractivity contribution in [3.8, 4) is 0 Å². The molecule has 1 aliphatic heterocycles. The molecule has 0 radical (unpaired) electrons. The van der Waals surface area contributed by atoms with Crippen LogP contribution in [0.2, 0.25) is 0 Å². The van der Waals surface area contributed by atoms with Crippen molar-refractivity contribution in [2.24, 2.45) is 5.16 Å². The summed E-state index contributed by atoms with van der Waals surface area (Å²) >= 11 is 0.677. The van der Waals surface area contributed by atoms with Crippen molar-refractivity contribution in [3.05, 3.63) is 36.0 Å². The van der Waals surface area contributed by atoms with Gasteiger partial charge in [-0.15, -0.1) is 0 Å². The lowest BCUT2D eigenvalue weighted by Gasteiger charge is -2.39. The minimum absolute atomic E-state index is 0.0495. The third kappa shape index (κ3) is 5.48. The Balaban J connectivity index is 1.91. The van der Waals surface area contributed by atoms with Crippen molar-refractivity contribution in [2.75, 3.05) is 13.7 Å². The fourth-order valence-corrected chi connectivity index (χ4v) is 4.47. The van der Waals surface area contributed by atoms with Crippen LogP contribution in [0.5, 0.6) is 0 Å². The maximum Gasteiger partial charge on any atom is 0.284 e. The highest BCUT2D eigenvalue weighted by Gasteiger charge is 2.44. The zero-order chi connectivity index (χ0) is 22.8. The molecule has 0 amide bonds. The average molecular weight is 477 g/mol. The van der Waals surface area contributed by atoms with E-state index in [9.17, 15) is 33.4 Å². The first-order valence-electron chi connectivity index (χ1n) is 8.96. The van der Waals surface area contributed by atoms with Gasteiger partial charge in [-0.25, -0.2) is 0 Å². The molecule has 2 aromatic rings. The molecule has 1 aromatic heterocycles. The Hall–Kier alpha value is -1.91. The number of aliphatic hydroxyl groups is 4. The average Bonchev–Trinajstić information content (AvgIpc) is 3.09. The quantitative estimate of drug-likeness (QED) is 0.120. The number of para-hydroxylation sites is 1. The number of fused-ring (bicyclic) bond motifs is 1. The van der Waals surface area contributed by atoms with Crippen LogP contribution < -0.4 is 4.84 Å². The van der Waals surface area contributed by atoms with Gasteiger partial charge in [0.15, 0.2) is 0 Å². The molecule has 1 aliphatic rings. The maximum atomic E-state index is 10.9. The summed E-state index contributed by atoms with van der Waals surface area (Å²) in [5, 5.41) is 43.5. The molecular weight excluding hydrogens is 456 g/mol. The number of nitrogens with zero attached hydrogens (tertiary/aromatic N) is 2. The second-order valence-electron chi connectivity index (χ2n) is 6.64. The second kappa shape index (κ2) is 9.70. The molecule has 4 N–H and O–H groups in total. The minimum Gasteiger partial charge on any atom is -0.714 e. The number of aromatic nitrogens is 1. The lowest BCUT2D eigenvalue weighted by Crippen LogP contribution is -2.57. The predicted octanol–water partition coefficient (Wildman–Crippen LogP) is -1.43. The summed E-state index contributed by atoms with van der Waals surface area (Å²) in [6.45, 7) is -0.638. The number of ether oxygens (including phenoxy) is 1. The van der Waals surface area contributed by atoms with Crippen molar-refractivity contribution in [2.45, 2.75) is 36.3 Å². The van der Waals surface area contributed by atoms with Crippen LogP contribution in [-0.4, -0.2) is 86.7 Å². The van der Waals surface area contributed by atoms with E-state index in [2.05, 4.69) is 9.44 Å². The van der Waals surface area contributed by atoms with Crippen LogP contribution in [0.15, 0.2) is 35.6 Å². The van der Waals surface area contributed by atoms with Crippen LogP contribution in [0.1, 0.15) is 5.56 Å². The third-order valence-corrected chi connectivity index (χ3v) is 6.00. The van der Waals surface area contributed by atoms with Crippen LogP contribution in [0.4, 0.5) is 0 Å². The summed E-state index contributed by atoms with van der Waals surface area (Å²) in [5.41, 5.74) is 0.0952. The first-order valence-corrected chi connectivity index (χ1v) is 11.2. The molecule has 1 saturated heterocycles. The summed E-state index contributed by atoms with van der Waals surface area (Å²) in [6, 6.07) is 7.17. The lowest BCUT2D eigenvalue weighted by molar-refractivity contribution is -0.205. The maximum absolute atomic E-state index is 10.9. The Kier molecular flexibility index (Phi) is 7.43. The standard InChI is InChI=1S/C17H22N2O10S2/c1-27-19-7-9(10-4-2-3-5-11(10)19)6-13(18-29-31(24,25)26)30-17-16(23)15(22)14(21)12(8-20)28-17/h2-5,7,12,14-17,20-23H,6,8H2,1H3,(H,24,25,26)/p-1/b18-13+/t12-,14-,15+,16-,17+/m1/s1. The Bertz CT molecular complexity index is 1040. The molecule has 12 nitrogen and oxygen atoms in total. The summed E-state index contributed by atoms with van der Waals surface area (Å²) in [6.07, 6.45) is -4.39. The zero-order valence-corrected chi connectivity index (χ0v) is 17.8. The highest BCUT2D eigenvalue weighted by atomic mass is 32.3. The van der Waals surface area contributed by atoms with Gasteiger partial charge in [-0.05, 0) is 11.6 Å². The number of thioether (sulfide) groups is 1. The summed E-state index contributed by atoms with van der Waals surface area (Å²) in [4.78, 5) is 5.26. The molecule has 0 unspecified atom stereocenters. The van der Waals surface area contributed by atoms with Gasteiger partial charge in [-0.1, -0.05) is 35.1 Å². The van der Waals surface area contributed by atoms with Gasteiger partial charge in [0.1, 0.15) is 42.0 Å². The highest BCUT2D eigenvalue weighted by molar-refractivity contribution is 8.14. The fraction of sp³-hybridized carbons (Fsp3) is 0.471. The third-order valence-electron chi connectivity index (χ3n) is 4.63. The Morgan fingerprint density at radius 2 is 1.97 bits per heavy atom. The van der Waals surface area contributed by atoms with Crippen molar-refractivity contribution in [1.82, 2.24) is 4.73 Å². The number of oxime groups is 1. The Morgan fingerprint density at radius 1 is 1.26 bits per heavy atom. The minimum atomic E-state index is -5.16. The van der Waals surface area contributed by atoms with E-state index in [1.165, 1.54) is 11.8 Å². The zero-order valence-electron chi connectivity index (χ0n) is 16.1. The first-order chi connectivity index (χ1) is 14.6. The van der Waals surface area contributed by atoms with E-state index in [1.54, 1.807) is 30.5 Å². The van der Waals surface area contributed by atoms with E-state index < -0.39 is 46.9 Å². The van der Waals surface area contributed by atoms with Crippen LogP contribution in [0, 0.1) is 0 Å². The fourth-order valence-electron chi connectivity index (χ4n) is 3.15. The van der Waals surface area contributed by atoms with Crippen molar-refractivity contribution >= 4 is 38.1 Å². The van der Waals surface area contributed by atoms with Gasteiger partial charge in [-0.3, -0.25) is 4.28 Å². The number of aliphatic hydroxyl groups excluding tert-OH is 4. The van der Waals surface area contributed by atoms with Gasteiger partial charge in [0.05, 0.1) is 12.1 Å². The lowest BCUT2D eigenvalue weighted by atomic mass is 10.0. The molecule has 0 saturated carbocycles. The van der Waals surface area contributed by atoms with E-state index in [4.69, 9.17) is 9.57 Å². The van der Waals surface area contributed by atoms with Gasteiger partial charge in [-0.2, -0.15) is 13.1 Å². The monoisotopic (exact) mass is 477 g/mol. The van der Waals surface area contributed by atoms with Gasteiger partial charge >= 0.3 is 0 Å². The van der Waals surface area contributed by atoms with Gasteiger partial charge in [0.25, 0.3) is 10.4 Å². The molecule has 14 heteroatoms. The molecule has 0 spiro atoms. The van der Waals surface area contributed by atoms with E-state index in [0.717, 1.165) is 10.9 Å². The molecule has 172 valence electrons. The van der Waals surface area contributed by atoms with Crippen molar-refractivity contribution < 1.29 is 47.3 Å². The number of rotatable bonds is 7. The van der Waals surface area contributed by atoms with Crippen LogP contribution >= 0.6 is 11.8 Å². The van der Waals surface area contributed by atoms with Gasteiger partial charge in [0.2, 0.25) is 0 Å². The van der Waals surface area contributed by atoms with Gasteiger partial charge in [0, 0.05) is 18.0 Å². The number of hydrogen-bond acceptors (Lipinski definition) is 12. The smallest absolute Gasteiger partial charge is 0.284 e. The van der Waals surface area contributed by atoms with Crippen molar-refractivity contribution in [1.29, 1.82) is 0 Å². The molecule has 2 heterocycles. The largest absolute Gasteiger partial charge is 0.714 e. The second-order valence-corrected chi connectivity index (χ2v) is 8.78. The highest BCUT2D eigenvalue weighted by Crippen LogP contribution is 2.31. The summed E-state index contributed by atoms with van der Waals surface area (Å²) in [7, 11) is -3.70. The Labute approximate surface area is 181 Å².